The normalized spacial score (nSPS) is 11.1. The number of nitrogens with one attached hydrogen (secondary N) is 1. The van der Waals surface area contributed by atoms with Gasteiger partial charge in [0.15, 0.2) is 0 Å². The van der Waals surface area contributed by atoms with Crippen LogP contribution in [0.5, 0.6) is 5.75 Å². The van der Waals surface area contributed by atoms with Gasteiger partial charge >= 0.3 is 0 Å². The topological polar surface area (TPSA) is 75.7 Å². The van der Waals surface area contributed by atoms with Gasteiger partial charge in [0.2, 0.25) is 0 Å². The number of carbonyl (C=O) groups is 1. The highest BCUT2D eigenvalue weighted by molar-refractivity contribution is 7.92. The Balaban J connectivity index is 1.93. The summed E-state index contributed by atoms with van der Waals surface area (Å²) in [5.41, 5.74) is 1.04. The van der Waals surface area contributed by atoms with Crippen LogP contribution in [0.2, 0.25) is 5.02 Å². The molecule has 0 atom stereocenters. The summed E-state index contributed by atoms with van der Waals surface area (Å²) in [6, 6.07) is 14.5. The summed E-state index contributed by atoms with van der Waals surface area (Å²) in [5.74, 6) is -0.750. The van der Waals surface area contributed by atoms with Crippen molar-refractivity contribution in [1.82, 2.24) is 0 Å². The molecule has 6 nitrogen and oxygen atoms in total. The second kappa shape index (κ2) is 8.95. The Labute approximate surface area is 185 Å². The molecule has 1 amide bonds. The molecule has 3 aromatic carbocycles. The van der Waals surface area contributed by atoms with E-state index in [9.17, 15) is 17.6 Å². The average molecular weight is 463 g/mol. The van der Waals surface area contributed by atoms with Crippen LogP contribution in [0.1, 0.15) is 15.9 Å². The Kier molecular flexibility index (Phi) is 6.52. The number of halogens is 2. The van der Waals surface area contributed by atoms with Gasteiger partial charge in [-0.25, -0.2) is 12.8 Å². The third kappa shape index (κ3) is 4.81. The highest BCUT2D eigenvalue weighted by atomic mass is 35.5. The number of carbonyl (C=O) groups excluding carboxylic acids is 1. The predicted molar refractivity (Wildman–Crippen MR) is 119 cm³/mol. The number of hydrogen-bond acceptors (Lipinski definition) is 4. The average Bonchev–Trinajstić information content (AvgIpc) is 2.75. The lowest BCUT2D eigenvalue weighted by Crippen LogP contribution is -2.27. The molecule has 0 spiro atoms. The van der Waals surface area contributed by atoms with Gasteiger partial charge in [-0.15, -0.1) is 0 Å². The number of methoxy groups -OCH3 is 1. The molecule has 0 aliphatic heterocycles. The van der Waals surface area contributed by atoms with E-state index in [-0.39, 0.29) is 21.2 Å². The van der Waals surface area contributed by atoms with Crippen molar-refractivity contribution in [3.63, 3.8) is 0 Å². The molecule has 0 radical (unpaired) electrons. The summed E-state index contributed by atoms with van der Waals surface area (Å²) in [6.45, 7) is 1.75. The molecule has 31 heavy (non-hydrogen) atoms. The maximum Gasteiger partial charge on any atom is 0.264 e. The molecule has 162 valence electrons. The molecule has 0 heterocycles. The molecule has 0 aliphatic rings. The Bertz CT molecular complexity index is 1230. The van der Waals surface area contributed by atoms with Crippen LogP contribution in [0, 0.1) is 12.7 Å². The van der Waals surface area contributed by atoms with Crippen LogP contribution in [0.4, 0.5) is 15.8 Å². The first-order chi connectivity index (χ1) is 14.6. The number of hydrogen-bond donors (Lipinski definition) is 1. The van der Waals surface area contributed by atoms with Gasteiger partial charge in [-0.1, -0.05) is 17.7 Å². The molecule has 1 N–H and O–H groups in total. The lowest BCUT2D eigenvalue weighted by atomic mass is 10.2. The van der Waals surface area contributed by atoms with Gasteiger partial charge < -0.3 is 10.1 Å². The maximum atomic E-state index is 14.0. The molecular formula is C22H20ClFN2O4S. The van der Waals surface area contributed by atoms with Gasteiger partial charge in [-0.2, -0.15) is 0 Å². The number of aryl methyl sites for hydroxylation is 1. The molecule has 9 heteroatoms. The van der Waals surface area contributed by atoms with Crippen LogP contribution >= 0.6 is 11.6 Å². The number of ether oxygens (including phenoxy) is 1. The minimum atomic E-state index is -3.99. The fourth-order valence-electron chi connectivity index (χ4n) is 2.85. The summed E-state index contributed by atoms with van der Waals surface area (Å²) in [6.07, 6.45) is 0. The van der Waals surface area contributed by atoms with E-state index in [0.717, 1.165) is 9.87 Å². The quantitative estimate of drug-likeness (QED) is 0.566. The van der Waals surface area contributed by atoms with Crippen molar-refractivity contribution in [2.45, 2.75) is 11.8 Å². The van der Waals surface area contributed by atoms with E-state index in [0.29, 0.717) is 11.4 Å². The van der Waals surface area contributed by atoms with E-state index < -0.39 is 21.7 Å². The Morgan fingerprint density at radius 3 is 2.39 bits per heavy atom. The number of anilines is 2. The van der Waals surface area contributed by atoms with Gasteiger partial charge in [0.05, 0.1) is 34.0 Å². The van der Waals surface area contributed by atoms with Crippen LogP contribution < -0.4 is 14.4 Å². The zero-order chi connectivity index (χ0) is 22.8. The Morgan fingerprint density at radius 2 is 1.74 bits per heavy atom. The van der Waals surface area contributed by atoms with E-state index >= 15 is 0 Å². The molecule has 0 saturated carbocycles. The third-order valence-corrected chi connectivity index (χ3v) is 6.76. The van der Waals surface area contributed by atoms with Crippen molar-refractivity contribution < 1.29 is 22.3 Å². The van der Waals surface area contributed by atoms with E-state index in [1.807, 2.05) is 0 Å². The number of rotatable bonds is 6. The first-order valence-corrected chi connectivity index (χ1v) is 11.0. The highest BCUT2D eigenvalue weighted by Crippen LogP contribution is 2.28. The number of sulfonamides is 1. The molecule has 0 saturated heterocycles. The van der Waals surface area contributed by atoms with Crippen LogP contribution in [0.15, 0.2) is 65.6 Å². The first-order valence-electron chi connectivity index (χ1n) is 9.13. The van der Waals surface area contributed by atoms with Gasteiger partial charge in [-0.05, 0) is 67.1 Å². The molecule has 3 rings (SSSR count). The second-order valence-corrected chi connectivity index (χ2v) is 9.13. The van der Waals surface area contributed by atoms with Crippen molar-refractivity contribution in [2.24, 2.45) is 0 Å². The minimum absolute atomic E-state index is 0.0234. The SMILES string of the molecule is COc1ccc(N(C)S(=O)(=O)c2ccc(Cl)c(C(=O)Nc3cc(C)ccc3F)c2)cc1. The molecule has 0 unspecified atom stereocenters. The monoisotopic (exact) mass is 462 g/mol. The lowest BCUT2D eigenvalue weighted by molar-refractivity contribution is 0.102. The third-order valence-electron chi connectivity index (χ3n) is 4.65. The van der Waals surface area contributed by atoms with E-state index in [1.165, 1.54) is 44.5 Å². The fraction of sp³-hybridized carbons (Fsp3) is 0.136. The van der Waals surface area contributed by atoms with Crippen LogP contribution in [0.3, 0.4) is 0 Å². The van der Waals surface area contributed by atoms with Crippen molar-refractivity contribution in [1.29, 1.82) is 0 Å². The lowest BCUT2D eigenvalue weighted by Gasteiger charge is -2.20. The number of amides is 1. The van der Waals surface area contributed by atoms with Crippen molar-refractivity contribution in [3.8, 4) is 5.75 Å². The van der Waals surface area contributed by atoms with E-state index in [4.69, 9.17) is 16.3 Å². The highest BCUT2D eigenvalue weighted by Gasteiger charge is 2.24. The molecular weight excluding hydrogens is 443 g/mol. The van der Waals surface area contributed by atoms with Gasteiger partial charge in [-0.3, -0.25) is 9.10 Å². The smallest absolute Gasteiger partial charge is 0.264 e. The molecule has 0 bridgehead atoms. The summed E-state index contributed by atoms with van der Waals surface area (Å²) in [7, 11) is -1.08. The summed E-state index contributed by atoms with van der Waals surface area (Å²) < 4.78 is 46.3. The van der Waals surface area contributed by atoms with Crippen LogP contribution in [-0.4, -0.2) is 28.5 Å². The zero-order valence-electron chi connectivity index (χ0n) is 17.0. The van der Waals surface area contributed by atoms with Crippen LogP contribution in [-0.2, 0) is 10.0 Å². The maximum absolute atomic E-state index is 14.0. The van der Waals surface area contributed by atoms with E-state index in [1.54, 1.807) is 37.3 Å². The number of benzene rings is 3. The zero-order valence-corrected chi connectivity index (χ0v) is 18.6. The summed E-state index contributed by atoms with van der Waals surface area (Å²) in [4.78, 5) is 12.6. The molecule has 0 aromatic heterocycles. The molecule has 0 fully saturated rings. The van der Waals surface area contributed by atoms with Crippen molar-refractivity contribution in [2.75, 3.05) is 23.8 Å². The second-order valence-electron chi connectivity index (χ2n) is 6.75. The minimum Gasteiger partial charge on any atom is -0.497 e. The Morgan fingerprint density at radius 1 is 1.06 bits per heavy atom. The molecule has 0 aliphatic carbocycles. The van der Waals surface area contributed by atoms with Gasteiger partial charge in [0.25, 0.3) is 15.9 Å². The van der Waals surface area contributed by atoms with E-state index in [2.05, 4.69) is 5.32 Å². The van der Waals surface area contributed by atoms with Crippen LogP contribution in [0.25, 0.3) is 0 Å². The fourth-order valence-corrected chi connectivity index (χ4v) is 4.28. The van der Waals surface area contributed by atoms with Gasteiger partial charge in [0.1, 0.15) is 11.6 Å². The summed E-state index contributed by atoms with van der Waals surface area (Å²) >= 11 is 6.13. The van der Waals surface area contributed by atoms with Crippen molar-refractivity contribution in [3.05, 3.63) is 82.6 Å². The summed E-state index contributed by atoms with van der Waals surface area (Å²) in [5, 5.41) is 2.48. The molecule has 3 aromatic rings. The largest absolute Gasteiger partial charge is 0.497 e. The van der Waals surface area contributed by atoms with Crippen molar-refractivity contribution >= 4 is 38.9 Å². The first kappa shape index (κ1) is 22.6. The Hall–Kier alpha value is -3.10. The standard InChI is InChI=1S/C22H20ClFN2O4S/c1-14-4-11-20(24)21(12-14)25-22(27)18-13-17(9-10-19(18)23)31(28,29)26(2)15-5-7-16(30-3)8-6-15/h4-13H,1-3H3,(H,25,27). The predicted octanol–water partition coefficient (Wildman–Crippen LogP) is 4.87. The number of nitrogens with zero attached hydrogens (tertiary/aromatic N) is 1. The van der Waals surface area contributed by atoms with Gasteiger partial charge in [0, 0.05) is 7.05 Å².